The van der Waals surface area contributed by atoms with Crippen LogP contribution >= 0.6 is 0 Å². The highest BCUT2D eigenvalue weighted by molar-refractivity contribution is 5.29. The van der Waals surface area contributed by atoms with Gasteiger partial charge in [0.05, 0.1) is 12.3 Å². The Labute approximate surface area is 114 Å². The monoisotopic (exact) mass is 269 g/mol. The van der Waals surface area contributed by atoms with E-state index < -0.39 is 0 Å². The lowest BCUT2D eigenvalue weighted by atomic mass is 10.3. The van der Waals surface area contributed by atoms with Crippen LogP contribution in [0, 0.1) is 0 Å². The van der Waals surface area contributed by atoms with Crippen LogP contribution in [-0.2, 0) is 6.61 Å². The van der Waals surface area contributed by atoms with Gasteiger partial charge in [-0.25, -0.2) is 14.6 Å². The maximum Gasteiger partial charge on any atom is 0.343 e. The minimum atomic E-state index is -0.110. The van der Waals surface area contributed by atoms with Gasteiger partial charge in [-0.15, -0.1) is 5.10 Å². The molecular formula is C13H11N5O2. The number of aromatic nitrogens is 5. The highest BCUT2D eigenvalue weighted by Gasteiger charge is 2.06. The third-order valence-corrected chi connectivity index (χ3v) is 2.54. The van der Waals surface area contributed by atoms with E-state index >= 15 is 0 Å². The summed E-state index contributed by atoms with van der Waals surface area (Å²) in [5.74, 6) is 0. The zero-order chi connectivity index (χ0) is 13.8. The van der Waals surface area contributed by atoms with E-state index in [1.54, 1.807) is 11.0 Å². The molecule has 0 amide bonds. The summed E-state index contributed by atoms with van der Waals surface area (Å²) in [4.78, 5) is 11.9. The molecule has 100 valence electrons. The van der Waals surface area contributed by atoms with Gasteiger partial charge in [-0.2, -0.15) is 4.98 Å². The zero-order valence-electron chi connectivity index (χ0n) is 10.4. The van der Waals surface area contributed by atoms with Crippen molar-refractivity contribution in [1.29, 1.82) is 0 Å². The predicted octanol–water partition coefficient (Wildman–Crippen LogP) is 1.34. The Balaban J connectivity index is 1.77. The minimum Gasteiger partial charge on any atom is -0.392 e. The van der Waals surface area contributed by atoms with E-state index in [0.29, 0.717) is 5.56 Å². The molecule has 0 fully saturated rings. The Bertz CT molecular complexity index is 681. The van der Waals surface area contributed by atoms with Crippen LogP contribution in [-0.4, -0.2) is 29.8 Å². The minimum absolute atomic E-state index is 0.110. The molecule has 20 heavy (non-hydrogen) atoms. The van der Waals surface area contributed by atoms with Crippen LogP contribution in [0.5, 0.6) is 12.0 Å². The van der Waals surface area contributed by atoms with Gasteiger partial charge in [0, 0.05) is 18.0 Å². The van der Waals surface area contributed by atoms with Gasteiger partial charge in [0.15, 0.2) is 0 Å². The summed E-state index contributed by atoms with van der Waals surface area (Å²) in [7, 11) is 0. The molecule has 2 heterocycles. The second kappa shape index (κ2) is 5.45. The first-order chi connectivity index (χ1) is 9.85. The van der Waals surface area contributed by atoms with Crippen LogP contribution in [0.2, 0.25) is 0 Å². The molecule has 0 spiro atoms. The average Bonchev–Trinajstić information content (AvgIpc) is 2.97. The predicted molar refractivity (Wildman–Crippen MR) is 69.4 cm³/mol. The lowest BCUT2D eigenvalue weighted by molar-refractivity contribution is 0.280. The van der Waals surface area contributed by atoms with E-state index in [1.165, 1.54) is 12.4 Å². The standard InChI is InChI=1S/C13H11N5O2/c19-8-10-6-14-12(15-7-10)20-13-16-9-18(17-13)11-4-2-1-3-5-11/h1-7,9,19H,8H2. The smallest absolute Gasteiger partial charge is 0.343 e. The molecule has 3 aromatic rings. The van der Waals surface area contributed by atoms with Gasteiger partial charge >= 0.3 is 12.0 Å². The molecular weight excluding hydrogens is 258 g/mol. The fourth-order valence-electron chi connectivity index (χ4n) is 1.56. The zero-order valence-corrected chi connectivity index (χ0v) is 10.4. The second-order valence-corrected chi connectivity index (χ2v) is 3.94. The number of hydrogen-bond acceptors (Lipinski definition) is 6. The molecule has 7 heteroatoms. The van der Waals surface area contributed by atoms with Crippen LogP contribution in [0.1, 0.15) is 5.56 Å². The van der Waals surface area contributed by atoms with Gasteiger partial charge in [0.25, 0.3) is 0 Å². The number of benzene rings is 1. The molecule has 0 bridgehead atoms. The second-order valence-electron chi connectivity index (χ2n) is 3.94. The van der Waals surface area contributed by atoms with Crippen molar-refractivity contribution in [2.75, 3.05) is 0 Å². The number of rotatable bonds is 4. The molecule has 0 saturated carbocycles. The van der Waals surface area contributed by atoms with Crippen molar-refractivity contribution in [2.24, 2.45) is 0 Å². The molecule has 3 rings (SSSR count). The highest BCUT2D eigenvalue weighted by Crippen LogP contribution is 2.13. The van der Waals surface area contributed by atoms with Crippen LogP contribution in [0.15, 0.2) is 49.1 Å². The Morgan fingerprint density at radius 3 is 2.45 bits per heavy atom. The van der Waals surface area contributed by atoms with E-state index in [1.807, 2.05) is 30.3 Å². The Hall–Kier alpha value is -2.80. The maximum absolute atomic E-state index is 8.90. The highest BCUT2D eigenvalue weighted by atomic mass is 16.5. The van der Waals surface area contributed by atoms with Gasteiger partial charge < -0.3 is 9.84 Å². The van der Waals surface area contributed by atoms with Crippen molar-refractivity contribution in [3.63, 3.8) is 0 Å². The van der Waals surface area contributed by atoms with Gasteiger partial charge in [0.1, 0.15) is 6.33 Å². The fourth-order valence-corrected chi connectivity index (χ4v) is 1.56. The molecule has 0 aliphatic carbocycles. The van der Waals surface area contributed by atoms with Crippen molar-refractivity contribution >= 4 is 0 Å². The Morgan fingerprint density at radius 1 is 1.00 bits per heavy atom. The lowest BCUT2D eigenvalue weighted by Crippen LogP contribution is -1.97. The number of para-hydroxylation sites is 1. The largest absolute Gasteiger partial charge is 0.392 e. The normalized spacial score (nSPS) is 10.4. The van der Waals surface area contributed by atoms with Crippen LogP contribution in [0.3, 0.4) is 0 Å². The van der Waals surface area contributed by atoms with Gasteiger partial charge in [-0.3, -0.25) is 0 Å². The van der Waals surface area contributed by atoms with E-state index in [2.05, 4.69) is 20.1 Å². The number of ether oxygens (including phenoxy) is 1. The third-order valence-electron chi connectivity index (χ3n) is 2.54. The van der Waals surface area contributed by atoms with Gasteiger partial charge in [-0.05, 0) is 12.1 Å². The summed E-state index contributed by atoms with van der Waals surface area (Å²) in [6.07, 6.45) is 4.51. The summed E-state index contributed by atoms with van der Waals surface area (Å²) >= 11 is 0. The van der Waals surface area contributed by atoms with Crippen LogP contribution in [0.4, 0.5) is 0 Å². The first-order valence-electron chi connectivity index (χ1n) is 5.92. The Morgan fingerprint density at radius 2 is 1.75 bits per heavy atom. The topological polar surface area (TPSA) is 86.0 Å². The first-order valence-corrected chi connectivity index (χ1v) is 5.92. The number of aliphatic hydroxyl groups is 1. The van der Waals surface area contributed by atoms with Gasteiger partial charge in [0.2, 0.25) is 0 Å². The van der Waals surface area contributed by atoms with E-state index in [0.717, 1.165) is 5.69 Å². The fraction of sp³-hybridized carbons (Fsp3) is 0.0769. The van der Waals surface area contributed by atoms with Crippen LogP contribution < -0.4 is 4.74 Å². The average molecular weight is 269 g/mol. The molecule has 0 atom stereocenters. The molecule has 0 aliphatic heterocycles. The van der Waals surface area contributed by atoms with Crippen molar-refractivity contribution in [3.05, 3.63) is 54.6 Å². The summed E-state index contributed by atoms with van der Waals surface area (Å²) in [5, 5.41) is 13.1. The molecule has 2 aromatic heterocycles. The maximum atomic E-state index is 8.90. The molecule has 0 aliphatic rings. The lowest BCUT2D eigenvalue weighted by Gasteiger charge is -2.00. The van der Waals surface area contributed by atoms with Gasteiger partial charge in [-0.1, -0.05) is 18.2 Å². The van der Waals surface area contributed by atoms with Crippen LogP contribution in [0.25, 0.3) is 5.69 Å². The molecule has 1 N–H and O–H groups in total. The van der Waals surface area contributed by atoms with Crippen molar-refractivity contribution in [2.45, 2.75) is 6.61 Å². The number of hydrogen-bond donors (Lipinski definition) is 1. The first kappa shape index (κ1) is 12.2. The van der Waals surface area contributed by atoms with E-state index in [-0.39, 0.29) is 18.6 Å². The summed E-state index contributed by atoms with van der Waals surface area (Å²) in [6.45, 7) is -0.110. The molecule has 7 nitrogen and oxygen atoms in total. The number of nitrogens with zero attached hydrogens (tertiary/aromatic N) is 5. The molecule has 0 saturated heterocycles. The molecule has 1 aromatic carbocycles. The van der Waals surface area contributed by atoms with Crippen molar-refractivity contribution in [1.82, 2.24) is 24.7 Å². The molecule has 0 unspecified atom stereocenters. The number of aliphatic hydroxyl groups excluding tert-OH is 1. The quantitative estimate of drug-likeness (QED) is 0.769. The third kappa shape index (κ3) is 2.62. The van der Waals surface area contributed by atoms with E-state index in [4.69, 9.17) is 9.84 Å². The SMILES string of the molecule is OCc1cnc(Oc2ncn(-c3ccccc3)n2)nc1. The van der Waals surface area contributed by atoms with Crippen molar-refractivity contribution in [3.8, 4) is 17.7 Å². The summed E-state index contributed by atoms with van der Waals surface area (Å²) in [6, 6.07) is 9.85. The summed E-state index contributed by atoms with van der Waals surface area (Å²) < 4.78 is 6.93. The Kier molecular flexibility index (Phi) is 3.34. The van der Waals surface area contributed by atoms with E-state index in [9.17, 15) is 0 Å². The summed E-state index contributed by atoms with van der Waals surface area (Å²) in [5.41, 5.74) is 1.49. The molecule has 0 radical (unpaired) electrons. The van der Waals surface area contributed by atoms with Crippen molar-refractivity contribution < 1.29 is 9.84 Å².